The molecule has 27 heavy (non-hydrogen) atoms. The first-order chi connectivity index (χ1) is 13.1. The normalized spacial score (nSPS) is 15.7. The Labute approximate surface area is 161 Å². The highest BCUT2D eigenvalue weighted by Gasteiger charge is 2.34. The molecule has 0 saturated carbocycles. The van der Waals surface area contributed by atoms with E-state index in [0.717, 1.165) is 5.56 Å². The Kier molecular flexibility index (Phi) is 4.52. The summed E-state index contributed by atoms with van der Waals surface area (Å²) in [4.78, 5) is 25.7. The number of carbonyl (C=O) groups excluding carboxylic acids is 2. The van der Waals surface area contributed by atoms with Crippen LogP contribution in [0.3, 0.4) is 0 Å². The third-order valence-corrected chi connectivity index (χ3v) is 4.62. The summed E-state index contributed by atoms with van der Waals surface area (Å²) in [7, 11) is 0. The van der Waals surface area contributed by atoms with Gasteiger partial charge in [0.2, 0.25) is 0 Å². The van der Waals surface area contributed by atoms with Gasteiger partial charge in [-0.15, -0.1) is 0 Å². The van der Waals surface area contributed by atoms with Crippen LogP contribution in [0.25, 0.3) is 0 Å². The predicted octanol–water partition coefficient (Wildman–Crippen LogP) is 4.25. The van der Waals surface area contributed by atoms with Gasteiger partial charge in [-0.2, -0.15) is 0 Å². The fourth-order valence-electron chi connectivity index (χ4n) is 3.01. The minimum Gasteiger partial charge on any atom is -0.359 e. The van der Waals surface area contributed by atoms with Gasteiger partial charge in [-0.1, -0.05) is 54.1 Å². The van der Waals surface area contributed by atoms with Crippen molar-refractivity contribution in [1.29, 1.82) is 0 Å². The van der Waals surface area contributed by atoms with Gasteiger partial charge in [0.1, 0.15) is 6.17 Å². The second kappa shape index (κ2) is 7.13. The Bertz CT molecular complexity index is 990. The van der Waals surface area contributed by atoms with Gasteiger partial charge in [-0.3, -0.25) is 15.0 Å². The van der Waals surface area contributed by atoms with Crippen LogP contribution in [0.15, 0.2) is 78.9 Å². The average molecular weight is 378 g/mol. The highest BCUT2D eigenvalue weighted by atomic mass is 35.5. The van der Waals surface area contributed by atoms with Crippen molar-refractivity contribution in [2.45, 2.75) is 6.17 Å². The van der Waals surface area contributed by atoms with E-state index >= 15 is 0 Å². The quantitative estimate of drug-likeness (QED) is 0.717. The average Bonchev–Trinajstić information content (AvgIpc) is 2.71. The van der Waals surface area contributed by atoms with Crippen LogP contribution >= 0.6 is 11.6 Å². The molecule has 1 heterocycles. The van der Waals surface area contributed by atoms with E-state index in [1.807, 2.05) is 30.3 Å². The molecule has 5 nitrogen and oxygen atoms in total. The Morgan fingerprint density at radius 1 is 0.926 bits per heavy atom. The number of hydrogen-bond acceptors (Lipinski definition) is 3. The van der Waals surface area contributed by atoms with Gasteiger partial charge in [0.05, 0.1) is 5.56 Å². The number of benzene rings is 3. The lowest BCUT2D eigenvalue weighted by atomic mass is 10.0. The van der Waals surface area contributed by atoms with Gasteiger partial charge >= 0.3 is 0 Å². The molecule has 1 aliphatic heterocycles. The van der Waals surface area contributed by atoms with E-state index in [-0.39, 0.29) is 11.8 Å². The van der Waals surface area contributed by atoms with E-state index in [1.54, 1.807) is 48.5 Å². The smallest absolute Gasteiger partial charge is 0.276 e. The molecule has 0 radical (unpaired) electrons. The van der Waals surface area contributed by atoms with Gasteiger partial charge in [-0.25, -0.2) is 5.01 Å². The molecule has 0 aromatic heterocycles. The first kappa shape index (κ1) is 17.1. The fraction of sp³-hybridized carbons (Fsp3) is 0.0476. The molecule has 0 bridgehead atoms. The summed E-state index contributed by atoms with van der Waals surface area (Å²) in [5.74, 6) is -0.641. The van der Waals surface area contributed by atoms with E-state index < -0.39 is 6.17 Å². The molecule has 3 aromatic rings. The fourth-order valence-corrected chi connectivity index (χ4v) is 3.14. The van der Waals surface area contributed by atoms with Crippen LogP contribution in [0.4, 0.5) is 5.69 Å². The molecule has 0 spiro atoms. The third kappa shape index (κ3) is 3.37. The summed E-state index contributed by atoms with van der Waals surface area (Å²) in [6.45, 7) is 0. The van der Waals surface area contributed by atoms with Crippen molar-refractivity contribution >= 4 is 29.1 Å². The molecule has 0 saturated heterocycles. The van der Waals surface area contributed by atoms with Crippen LogP contribution in [0.2, 0.25) is 5.02 Å². The molecule has 0 fully saturated rings. The standard InChI is InChI=1S/C21H16ClN3O2/c22-16-12-10-14(11-13-16)19-23-18-9-5-4-8-17(18)21(27)25(19)24-20(26)15-6-2-1-3-7-15/h1-13,19,23H,(H,24,26). The largest absolute Gasteiger partial charge is 0.359 e. The van der Waals surface area contributed by atoms with E-state index in [4.69, 9.17) is 11.6 Å². The number of hydrazine groups is 1. The number of para-hydroxylation sites is 1. The van der Waals surface area contributed by atoms with Crippen molar-refractivity contribution in [1.82, 2.24) is 10.4 Å². The van der Waals surface area contributed by atoms with Crippen molar-refractivity contribution in [2.24, 2.45) is 0 Å². The summed E-state index contributed by atoms with van der Waals surface area (Å²) in [5.41, 5.74) is 5.22. The zero-order valence-electron chi connectivity index (χ0n) is 14.2. The van der Waals surface area contributed by atoms with E-state index in [9.17, 15) is 9.59 Å². The highest BCUT2D eigenvalue weighted by molar-refractivity contribution is 6.30. The molecule has 4 rings (SSSR count). The molecule has 1 aliphatic rings. The molecule has 1 atom stereocenters. The lowest BCUT2D eigenvalue weighted by Gasteiger charge is -2.37. The molecule has 6 heteroatoms. The zero-order valence-corrected chi connectivity index (χ0v) is 15.0. The predicted molar refractivity (Wildman–Crippen MR) is 104 cm³/mol. The number of nitrogens with one attached hydrogen (secondary N) is 2. The summed E-state index contributed by atoms with van der Waals surface area (Å²) in [5, 5.41) is 5.24. The molecular weight excluding hydrogens is 362 g/mol. The monoisotopic (exact) mass is 377 g/mol. The number of hydrogen-bond donors (Lipinski definition) is 2. The Balaban J connectivity index is 1.71. The highest BCUT2D eigenvalue weighted by Crippen LogP contribution is 2.32. The number of fused-ring (bicyclic) bond motifs is 1. The van der Waals surface area contributed by atoms with Crippen molar-refractivity contribution in [3.63, 3.8) is 0 Å². The first-order valence-corrected chi connectivity index (χ1v) is 8.82. The molecule has 2 amide bonds. The van der Waals surface area contributed by atoms with Crippen LogP contribution in [-0.4, -0.2) is 16.8 Å². The summed E-state index contributed by atoms with van der Waals surface area (Å²) in [6.07, 6.45) is -0.558. The Morgan fingerprint density at radius 2 is 1.59 bits per heavy atom. The number of halogens is 1. The van der Waals surface area contributed by atoms with Crippen molar-refractivity contribution in [2.75, 3.05) is 5.32 Å². The summed E-state index contributed by atoms with van der Waals surface area (Å²) < 4.78 is 0. The zero-order chi connectivity index (χ0) is 18.8. The number of nitrogens with zero attached hydrogens (tertiary/aromatic N) is 1. The Hall–Kier alpha value is -3.31. The van der Waals surface area contributed by atoms with Gasteiger partial charge in [-0.05, 0) is 42.0 Å². The number of carbonyl (C=O) groups is 2. The lowest BCUT2D eigenvalue weighted by Crippen LogP contribution is -2.52. The number of rotatable bonds is 3. The Morgan fingerprint density at radius 3 is 2.33 bits per heavy atom. The van der Waals surface area contributed by atoms with Crippen molar-refractivity contribution in [3.05, 3.63) is 101 Å². The van der Waals surface area contributed by atoms with Crippen LogP contribution in [0.5, 0.6) is 0 Å². The number of amides is 2. The van der Waals surface area contributed by atoms with E-state index in [1.165, 1.54) is 5.01 Å². The van der Waals surface area contributed by atoms with Crippen molar-refractivity contribution < 1.29 is 9.59 Å². The second-order valence-corrected chi connectivity index (χ2v) is 6.56. The molecule has 2 N–H and O–H groups in total. The van der Waals surface area contributed by atoms with Crippen LogP contribution in [-0.2, 0) is 0 Å². The lowest BCUT2D eigenvalue weighted by molar-refractivity contribution is 0.0491. The number of anilines is 1. The van der Waals surface area contributed by atoms with Gasteiger partial charge in [0.25, 0.3) is 11.8 Å². The van der Waals surface area contributed by atoms with Crippen molar-refractivity contribution in [3.8, 4) is 0 Å². The van der Waals surface area contributed by atoms with Gasteiger partial charge in [0, 0.05) is 16.3 Å². The van der Waals surface area contributed by atoms with Crippen LogP contribution < -0.4 is 10.7 Å². The molecule has 3 aromatic carbocycles. The SMILES string of the molecule is O=C(NN1C(=O)c2ccccc2NC1c1ccc(Cl)cc1)c1ccccc1. The first-order valence-electron chi connectivity index (χ1n) is 8.44. The summed E-state index contributed by atoms with van der Waals surface area (Å²) >= 11 is 5.99. The van der Waals surface area contributed by atoms with E-state index in [0.29, 0.717) is 21.8 Å². The molecular formula is C21H16ClN3O2. The molecule has 134 valence electrons. The van der Waals surface area contributed by atoms with Gasteiger partial charge < -0.3 is 5.32 Å². The second-order valence-electron chi connectivity index (χ2n) is 6.13. The molecule has 0 aliphatic carbocycles. The maximum Gasteiger partial charge on any atom is 0.276 e. The topological polar surface area (TPSA) is 61.4 Å². The molecule has 1 unspecified atom stereocenters. The minimum absolute atomic E-state index is 0.284. The van der Waals surface area contributed by atoms with Crippen LogP contribution in [0.1, 0.15) is 32.4 Å². The minimum atomic E-state index is -0.558. The maximum atomic E-state index is 13.1. The third-order valence-electron chi connectivity index (χ3n) is 4.37. The van der Waals surface area contributed by atoms with E-state index in [2.05, 4.69) is 10.7 Å². The summed E-state index contributed by atoms with van der Waals surface area (Å²) in [6, 6.07) is 23.1. The van der Waals surface area contributed by atoms with Crippen LogP contribution in [0, 0.1) is 0 Å². The van der Waals surface area contributed by atoms with Gasteiger partial charge in [0.15, 0.2) is 0 Å². The maximum absolute atomic E-state index is 13.1.